The third-order valence-corrected chi connectivity index (χ3v) is 5.35. The van der Waals surface area contributed by atoms with Crippen LogP contribution in [0.1, 0.15) is 0 Å². The number of rotatable bonds is 7. The molecule has 0 amide bonds. The van der Waals surface area contributed by atoms with Gasteiger partial charge in [-0.1, -0.05) is 12.1 Å². The second kappa shape index (κ2) is 7.70. The van der Waals surface area contributed by atoms with E-state index in [9.17, 15) is 23.3 Å². The monoisotopic (exact) mass is 404 g/mol. The van der Waals surface area contributed by atoms with Gasteiger partial charge in [0.15, 0.2) is 5.82 Å². The molecule has 0 saturated carbocycles. The summed E-state index contributed by atoms with van der Waals surface area (Å²) in [5.41, 5.74) is -0.239. The molecule has 0 radical (unpaired) electrons. The molecular weight excluding hydrogens is 388 g/mol. The zero-order chi connectivity index (χ0) is 20.3. The van der Waals surface area contributed by atoms with Crippen molar-refractivity contribution in [2.24, 2.45) is 7.05 Å². The summed E-state index contributed by atoms with van der Waals surface area (Å²) in [4.78, 5) is 26.3. The number of nitro groups is 1. The molecule has 3 aromatic rings. The first-order valence-electron chi connectivity index (χ1n) is 8.09. The molecule has 0 fully saturated rings. The number of hydrogen-bond donors (Lipinski definition) is 1. The molecule has 0 saturated heterocycles. The molecule has 146 valence electrons. The Labute approximate surface area is 159 Å². The lowest BCUT2D eigenvalue weighted by molar-refractivity contribution is -0.385. The lowest BCUT2D eigenvalue weighted by atomic mass is 10.3. The molecule has 2 heterocycles. The Morgan fingerprint density at radius 2 is 2.00 bits per heavy atom. The molecule has 1 aromatic carbocycles. The van der Waals surface area contributed by atoms with Gasteiger partial charge in [0.25, 0.3) is 5.69 Å². The number of aromatic nitrogens is 4. The van der Waals surface area contributed by atoms with Gasteiger partial charge < -0.3 is 0 Å². The van der Waals surface area contributed by atoms with Crippen LogP contribution in [0.5, 0.6) is 0 Å². The van der Waals surface area contributed by atoms with Crippen LogP contribution in [0.25, 0.3) is 11.5 Å². The van der Waals surface area contributed by atoms with E-state index >= 15 is 0 Å². The van der Waals surface area contributed by atoms with Gasteiger partial charge in [-0.15, -0.1) is 5.10 Å². The van der Waals surface area contributed by atoms with Crippen molar-refractivity contribution in [3.8, 4) is 11.5 Å². The minimum Gasteiger partial charge on any atom is -0.277 e. The first-order valence-corrected chi connectivity index (χ1v) is 9.57. The van der Waals surface area contributed by atoms with Crippen LogP contribution < -0.4 is 10.4 Å². The second-order valence-electron chi connectivity index (χ2n) is 5.76. The molecule has 0 atom stereocenters. The van der Waals surface area contributed by atoms with Gasteiger partial charge in [-0.25, -0.2) is 22.6 Å². The first-order chi connectivity index (χ1) is 13.3. The van der Waals surface area contributed by atoms with E-state index in [2.05, 4.69) is 14.8 Å². The van der Waals surface area contributed by atoms with E-state index in [1.165, 1.54) is 22.8 Å². The summed E-state index contributed by atoms with van der Waals surface area (Å²) < 4.78 is 29.4. The van der Waals surface area contributed by atoms with Crippen molar-refractivity contribution in [1.82, 2.24) is 24.1 Å². The van der Waals surface area contributed by atoms with Gasteiger partial charge in [0.1, 0.15) is 5.69 Å². The number of non-ortho nitro benzene ring substituents is 1. The van der Waals surface area contributed by atoms with Crippen molar-refractivity contribution in [2.45, 2.75) is 11.4 Å². The second-order valence-corrected chi connectivity index (χ2v) is 7.52. The summed E-state index contributed by atoms with van der Waals surface area (Å²) in [6, 6.07) is 9.91. The predicted molar refractivity (Wildman–Crippen MR) is 99.0 cm³/mol. The highest BCUT2D eigenvalue weighted by Gasteiger charge is 2.18. The Morgan fingerprint density at radius 1 is 1.21 bits per heavy atom. The third kappa shape index (κ3) is 3.97. The molecule has 0 aliphatic carbocycles. The summed E-state index contributed by atoms with van der Waals surface area (Å²) in [7, 11) is -2.43. The van der Waals surface area contributed by atoms with E-state index in [1.54, 1.807) is 31.4 Å². The summed E-state index contributed by atoms with van der Waals surface area (Å²) >= 11 is 0. The van der Waals surface area contributed by atoms with Gasteiger partial charge in [-0.2, -0.15) is 0 Å². The highest BCUT2D eigenvalue weighted by atomic mass is 32.2. The number of pyridine rings is 1. The van der Waals surface area contributed by atoms with Crippen molar-refractivity contribution in [1.29, 1.82) is 0 Å². The molecule has 0 bridgehead atoms. The molecule has 1 N–H and O–H groups in total. The van der Waals surface area contributed by atoms with Crippen LogP contribution in [0.2, 0.25) is 0 Å². The van der Waals surface area contributed by atoms with Crippen molar-refractivity contribution >= 4 is 15.7 Å². The number of nitrogens with one attached hydrogen (secondary N) is 1. The first kappa shape index (κ1) is 19.4. The van der Waals surface area contributed by atoms with Crippen LogP contribution in [0, 0.1) is 10.1 Å². The molecule has 0 aliphatic heterocycles. The van der Waals surface area contributed by atoms with Crippen molar-refractivity contribution in [2.75, 3.05) is 6.54 Å². The highest BCUT2D eigenvalue weighted by molar-refractivity contribution is 7.89. The topological polar surface area (TPSA) is 142 Å². The fourth-order valence-corrected chi connectivity index (χ4v) is 3.55. The highest BCUT2D eigenvalue weighted by Crippen LogP contribution is 2.17. The van der Waals surface area contributed by atoms with Crippen LogP contribution in [0.3, 0.4) is 0 Å². The average Bonchev–Trinajstić information content (AvgIpc) is 2.97. The average molecular weight is 404 g/mol. The minimum absolute atomic E-state index is 0.0202. The SMILES string of the molecule is Cn1c(-c2ccccn2)nn(CCNS(=O)(=O)c2cccc([N+](=O)[O-])c2)c1=O. The molecule has 28 heavy (non-hydrogen) atoms. The molecular formula is C16H16N6O5S. The molecule has 0 aliphatic rings. The number of nitrogens with zero attached hydrogens (tertiary/aromatic N) is 5. The van der Waals surface area contributed by atoms with E-state index < -0.39 is 20.6 Å². The van der Waals surface area contributed by atoms with Crippen LogP contribution in [0.15, 0.2) is 58.4 Å². The third-order valence-electron chi connectivity index (χ3n) is 3.89. The smallest absolute Gasteiger partial charge is 0.277 e. The Hall–Kier alpha value is -3.38. The van der Waals surface area contributed by atoms with E-state index in [4.69, 9.17) is 0 Å². The standard InChI is InChI=1S/C16H16N6O5S/c1-20-15(14-7-2-3-8-17-14)19-21(16(20)23)10-9-18-28(26,27)13-6-4-5-12(11-13)22(24)25/h2-8,11,18H,9-10H2,1H3. The fourth-order valence-electron chi connectivity index (χ4n) is 2.49. The number of benzene rings is 1. The summed E-state index contributed by atoms with van der Waals surface area (Å²) in [5, 5.41) is 15.0. The molecule has 12 heteroatoms. The van der Waals surface area contributed by atoms with E-state index in [0.717, 1.165) is 10.7 Å². The predicted octanol–water partition coefficient (Wildman–Crippen LogP) is 0.530. The number of nitro benzene ring substituents is 1. The Bertz CT molecular complexity index is 1170. The maximum absolute atomic E-state index is 12.3. The summed E-state index contributed by atoms with van der Waals surface area (Å²) in [6.45, 7) is -0.142. The Balaban J connectivity index is 1.74. The zero-order valence-electron chi connectivity index (χ0n) is 14.7. The summed E-state index contributed by atoms with van der Waals surface area (Å²) in [5.74, 6) is 0.354. The van der Waals surface area contributed by atoms with Crippen molar-refractivity contribution in [3.63, 3.8) is 0 Å². The van der Waals surface area contributed by atoms with Crippen LogP contribution >= 0.6 is 0 Å². The van der Waals surface area contributed by atoms with Crippen molar-refractivity contribution < 1.29 is 13.3 Å². The van der Waals surface area contributed by atoms with Crippen LogP contribution in [-0.4, -0.2) is 39.2 Å². The largest absolute Gasteiger partial charge is 0.346 e. The maximum atomic E-state index is 12.3. The lowest BCUT2D eigenvalue weighted by Crippen LogP contribution is -2.31. The van der Waals surface area contributed by atoms with E-state index in [-0.39, 0.29) is 23.7 Å². The maximum Gasteiger partial charge on any atom is 0.346 e. The number of sulfonamides is 1. The normalized spacial score (nSPS) is 11.5. The van der Waals surface area contributed by atoms with E-state index in [0.29, 0.717) is 11.5 Å². The molecule has 0 unspecified atom stereocenters. The molecule has 0 spiro atoms. The van der Waals surface area contributed by atoms with Crippen LogP contribution in [-0.2, 0) is 23.6 Å². The van der Waals surface area contributed by atoms with Gasteiger partial charge in [0, 0.05) is 31.9 Å². The lowest BCUT2D eigenvalue weighted by Gasteiger charge is -2.06. The Kier molecular flexibility index (Phi) is 5.33. The van der Waals surface area contributed by atoms with Gasteiger partial charge >= 0.3 is 5.69 Å². The quantitative estimate of drug-likeness (QED) is 0.447. The van der Waals surface area contributed by atoms with Gasteiger partial charge in [-0.3, -0.25) is 19.7 Å². The molecule has 3 rings (SSSR count). The van der Waals surface area contributed by atoms with Gasteiger partial charge in [0.05, 0.1) is 16.4 Å². The van der Waals surface area contributed by atoms with E-state index in [1.807, 2.05) is 0 Å². The molecule has 2 aromatic heterocycles. The molecule has 11 nitrogen and oxygen atoms in total. The van der Waals surface area contributed by atoms with Gasteiger partial charge in [-0.05, 0) is 18.2 Å². The van der Waals surface area contributed by atoms with Crippen molar-refractivity contribution in [3.05, 3.63) is 69.3 Å². The summed E-state index contributed by atoms with van der Waals surface area (Å²) in [6.07, 6.45) is 1.58. The minimum atomic E-state index is -3.97. The zero-order valence-corrected chi connectivity index (χ0v) is 15.5. The van der Waals surface area contributed by atoms with Crippen LogP contribution in [0.4, 0.5) is 5.69 Å². The fraction of sp³-hybridized carbons (Fsp3) is 0.188. The Morgan fingerprint density at radius 3 is 2.68 bits per heavy atom. The number of hydrogen-bond acceptors (Lipinski definition) is 7. The van der Waals surface area contributed by atoms with Gasteiger partial charge in [0.2, 0.25) is 10.0 Å².